The predicted octanol–water partition coefficient (Wildman–Crippen LogP) is 7.63. The number of pyridine rings is 1. The molecule has 2 aromatic rings. The molecule has 2 rings (SSSR count). The number of nitrogens with zero attached hydrogens (tertiary/aromatic N) is 1. The minimum atomic E-state index is 0.570. The van der Waals surface area contributed by atoms with Crippen LogP contribution >= 0.6 is 0 Å². The molecule has 1 aromatic carbocycles. The van der Waals surface area contributed by atoms with Gasteiger partial charge in [0.15, 0.2) is 0 Å². The van der Waals surface area contributed by atoms with Crippen LogP contribution in [0.1, 0.15) is 83.6 Å². The van der Waals surface area contributed by atoms with Crippen molar-refractivity contribution in [3.63, 3.8) is 0 Å². The summed E-state index contributed by atoms with van der Waals surface area (Å²) < 4.78 is 11.3. The molecule has 3 heteroatoms. The summed E-state index contributed by atoms with van der Waals surface area (Å²) in [7, 11) is 0. The van der Waals surface area contributed by atoms with Gasteiger partial charge in [0.25, 0.3) is 0 Å². The molecule has 3 nitrogen and oxygen atoms in total. The van der Waals surface area contributed by atoms with Crippen LogP contribution in [0.15, 0.2) is 42.6 Å². The molecule has 0 atom stereocenters. The van der Waals surface area contributed by atoms with Crippen LogP contribution in [0, 0.1) is 0 Å². The first kappa shape index (κ1) is 24.4. The van der Waals surface area contributed by atoms with Crippen LogP contribution in [0.25, 0.3) is 11.3 Å². The number of unbranched alkanes of at least 4 members (excludes halogenated alkanes) is 8. The van der Waals surface area contributed by atoms with Crippen molar-refractivity contribution in [2.24, 2.45) is 0 Å². The maximum atomic E-state index is 5.72. The topological polar surface area (TPSA) is 31.4 Å². The molecule has 0 radical (unpaired) electrons. The lowest BCUT2D eigenvalue weighted by Gasteiger charge is -2.08. The number of hydrogen-bond donors (Lipinski definition) is 0. The number of rotatable bonds is 17. The van der Waals surface area contributed by atoms with E-state index in [1.165, 1.54) is 69.8 Å². The summed E-state index contributed by atoms with van der Waals surface area (Å²) in [6, 6.07) is 12.9. The van der Waals surface area contributed by atoms with E-state index in [9.17, 15) is 0 Å². The fraction of sp³-hybridized carbons (Fsp3) is 0.593. The maximum absolute atomic E-state index is 5.72. The zero-order valence-corrected chi connectivity index (χ0v) is 19.2. The molecule has 166 valence electrons. The van der Waals surface area contributed by atoms with E-state index in [1.54, 1.807) is 6.20 Å². The first-order valence-electron chi connectivity index (χ1n) is 12.1. The number of benzene rings is 1. The average molecular weight is 412 g/mol. The normalized spacial score (nSPS) is 11.0. The standard InChI is InChI=1S/C27H41NO2/c1-3-5-7-8-9-10-11-13-24-14-16-25(17-15-24)27-19-18-26(23-28-27)30-22-21-29-20-12-6-4-2/h14-19,23H,3-13,20-22H2,1-2H3. The van der Waals surface area contributed by atoms with Crippen LogP contribution in [0.3, 0.4) is 0 Å². The van der Waals surface area contributed by atoms with Crippen molar-refractivity contribution >= 4 is 0 Å². The van der Waals surface area contributed by atoms with Gasteiger partial charge in [-0.05, 0) is 37.0 Å². The van der Waals surface area contributed by atoms with Crippen molar-refractivity contribution in [3.8, 4) is 17.0 Å². The lowest BCUT2D eigenvalue weighted by Crippen LogP contribution is -2.07. The van der Waals surface area contributed by atoms with Crippen LogP contribution in [-0.4, -0.2) is 24.8 Å². The van der Waals surface area contributed by atoms with Gasteiger partial charge in [0.2, 0.25) is 0 Å². The van der Waals surface area contributed by atoms with E-state index in [0.29, 0.717) is 13.2 Å². The summed E-state index contributed by atoms with van der Waals surface area (Å²) in [6.07, 6.45) is 16.1. The second-order valence-corrected chi connectivity index (χ2v) is 8.12. The molecular formula is C27H41NO2. The summed E-state index contributed by atoms with van der Waals surface area (Å²) in [6.45, 7) is 6.49. The largest absolute Gasteiger partial charge is 0.490 e. The molecule has 30 heavy (non-hydrogen) atoms. The van der Waals surface area contributed by atoms with E-state index in [4.69, 9.17) is 9.47 Å². The van der Waals surface area contributed by atoms with Crippen LogP contribution in [0.5, 0.6) is 5.75 Å². The van der Waals surface area contributed by atoms with Gasteiger partial charge in [0.05, 0.1) is 18.5 Å². The second-order valence-electron chi connectivity index (χ2n) is 8.12. The third-order valence-electron chi connectivity index (χ3n) is 5.44. The van der Waals surface area contributed by atoms with Gasteiger partial charge in [0, 0.05) is 12.2 Å². The summed E-state index contributed by atoms with van der Waals surface area (Å²) in [5.74, 6) is 0.798. The molecule has 0 aliphatic rings. The molecule has 0 N–H and O–H groups in total. The molecule has 1 heterocycles. The van der Waals surface area contributed by atoms with Gasteiger partial charge in [-0.3, -0.25) is 4.98 Å². The lowest BCUT2D eigenvalue weighted by molar-refractivity contribution is 0.0972. The Balaban J connectivity index is 1.65. The van der Waals surface area contributed by atoms with E-state index in [2.05, 4.69) is 43.1 Å². The Hall–Kier alpha value is -1.87. The third kappa shape index (κ3) is 10.2. The van der Waals surface area contributed by atoms with Gasteiger partial charge < -0.3 is 9.47 Å². The zero-order chi connectivity index (χ0) is 21.3. The molecular weight excluding hydrogens is 370 g/mol. The Morgan fingerprint density at radius 3 is 2.07 bits per heavy atom. The molecule has 0 amide bonds. The molecule has 1 aromatic heterocycles. The highest BCUT2D eigenvalue weighted by atomic mass is 16.5. The highest BCUT2D eigenvalue weighted by molar-refractivity contribution is 5.59. The van der Waals surface area contributed by atoms with Crippen molar-refractivity contribution in [1.82, 2.24) is 4.98 Å². The number of aromatic nitrogens is 1. The van der Waals surface area contributed by atoms with Gasteiger partial charge in [-0.15, -0.1) is 0 Å². The van der Waals surface area contributed by atoms with Crippen LogP contribution in [-0.2, 0) is 11.2 Å². The van der Waals surface area contributed by atoms with Gasteiger partial charge in [0.1, 0.15) is 12.4 Å². The van der Waals surface area contributed by atoms with Crippen molar-refractivity contribution in [2.75, 3.05) is 19.8 Å². The molecule has 0 aliphatic carbocycles. The Morgan fingerprint density at radius 1 is 0.667 bits per heavy atom. The molecule has 0 aliphatic heterocycles. The maximum Gasteiger partial charge on any atom is 0.137 e. The van der Waals surface area contributed by atoms with Crippen molar-refractivity contribution in [2.45, 2.75) is 84.5 Å². The zero-order valence-electron chi connectivity index (χ0n) is 19.2. The van der Waals surface area contributed by atoms with Crippen molar-refractivity contribution in [1.29, 1.82) is 0 Å². The Labute approximate surface area is 184 Å². The second kappa shape index (κ2) is 15.9. The van der Waals surface area contributed by atoms with Gasteiger partial charge in [-0.2, -0.15) is 0 Å². The minimum Gasteiger partial charge on any atom is -0.490 e. The van der Waals surface area contributed by atoms with E-state index in [1.807, 2.05) is 12.1 Å². The average Bonchev–Trinajstić information content (AvgIpc) is 2.79. The summed E-state index contributed by atoms with van der Waals surface area (Å²) in [4.78, 5) is 4.56. The molecule has 0 saturated heterocycles. The molecule has 0 spiro atoms. The fourth-order valence-electron chi connectivity index (χ4n) is 3.54. The Morgan fingerprint density at radius 2 is 1.37 bits per heavy atom. The Bertz CT molecular complexity index is 592. The number of hydrogen-bond acceptors (Lipinski definition) is 3. The van der Waals surface area contributed by atoms with Gasteiger partial charge >= 0.3 is 0 Å². The minimum absolute atomic E-state index is 0.570. The van der Waals surface area contributed by atoms with Gasteiger partial charge in [-0.25, -0.2) is 0 Å². The van der Waals surface area contributed by atoms with Crippen molar-refractivity contribution < 1.29 is 9.47 Å². The number of ether oxygens (including phenoxy) is 2. The first-order valence-corrected chi connectivity index (χ1v) is 12.1. The first-order chi connectivity index (χ1) is 14.8. The quantitative estimate of drug-likeness (QED) is 0.251. The fourth-order valence-corrected chi connectivity index (χ4v) is 3.54. The van der Waals surface area contributed by atoms with Crippen LogP contribution < -0.4 is 4.74 Å². The van der Waals surface area contributed by atoms with E-state index in [0.717, 1.165) is 30.0 Å². The predicted molar refractivity (Wildman–Crippen MR) is 127 cm³/mol. The van der Waals surface area contributed by atoms with Gasteiger partial charge in [-0.1, -0.05) is 89.5 Å². The number of aryl methyl sites for hydroxylation is 1. The highest BCUT2D eigenvalue weighted by Gasteiger charge is 2.02. The highest BCUT2D eigenvalue weighted by Crippen LogP contribution is 2.21. The lowest BCUT2D eigenvalue weighted by atomic mass is 10.0. The molecule has 0 bridgehead atoms. The van der Waals surface area contributed by atoms with Crippen molar-refractivity contribution in [3.05, 3.63) is 48.2 Å². The SMILES string of the molecule is CCCCCCCCCc1ccc(-c2ccc(OCCOCCCCC)cn2)cc1. The van der Waals surface area contributed by atoms with E-state index >= 15 is 0 Å². The molecule has 0 fully saturated rings. The van der Waals surface area contributed by atoms with Crippen LogP contribution in [0.2, 0.25) is 0 Å². The summed E-state index contributed by atoms with van der Waals surface area (Å²) in [5, 5.41) is 0. The van der Waals surface area contributed by atoms with Crippen LogP contribution in [0.4, 0.5) is 0 Å². The molecule has 0 saturated carbocycles. The van der Waals surface area contributed by atoms with E-state index < -0.39 is 0 Å². The summed E-state index contributed by atoms with van der Waals surface area (Å²) in [5.41, 5.74) is 3.57. The monoisotopic (exact) mass is 411 g/mol. The smallest absolute Gasteiger partial charge is 0.137 e. The third-order valence-corrected chi connectivity index (χ3v) is 5.44. The molecule has 0 unspecified atom stereocenters. The Kier molecular flexibility index (Phi) is 12.9. The summed E-state index contributed by atoms with van der Waals surface area (Å²) >= 11 is 0. The van der Waals surface area contributed by atoms with E-state index in [-0.39, 0.29) is 0 Å².